The Balaban J connectivity index is 1.96. The number of hydrogen-bond acceptors (Lipinski definition) is 3. The molecule has 1 aromatic heterocycles. The standard InChI is InChI=1S/C13H19Cl2N3/c1-16-7-10-3-2-6-18(8-10)9-11-4-5-12(14)17-13(11)15/h4-5,10,16H,2-3,6-9H2,1H3. The van der Waals surface area contributed by atoms with Gasteiger partial charge in [0, 0.05) is 18.7 Å². The van der Waals surface area contributed by atoms with Crippen LogP contribution in [0.3, 0.4) is 0 Å². The number of nitrogens with one attached hydrogen (secondary N) is 1. The second-order valence-corrected chi connectivity index (χ2v) is 5.63. The molecule has 1 fully saturated rings. The summed E-state index contributed by atoms with van der Waals surface area (Å²) in [5.41, 5.74) is 1.06. The summed E-state index contributed by atoms with van der Waals surface area (Å²) >= 11 is 11.9. The van der Waals surface area contributed by atoms with Gasteiger partial charge in [0.25, 0.3) is 0 Å². The molecule has 0 saturated carbocycles. The molecule has 0 spiro atoms. The lowest BCUT2D eigenvalue weighted by atomic mass is 9.98. The summed E-state index contributed by atoms with van der Waals surface area (Å²) in [6, 6.07) is 3.77. The average Bonchev–Trinajstić information content (AvgIpc) is 2.34. The minimum Gasteiger partial charge on any atom is -0.319 e. The summed E-state index contributed by atoms with van der Waals surface area (Å²) in [5, 5.41) is 4.24. The highest BCUT2D eigenvalue weighted by Gasteiger charge is 2.20. The quantitative estimate of drug-likeness (QED) is 0.864. The van der Waals surface area contributed by atoms with E-state index in [0.717, 1.165) is 37.7 Å². The molecule has 0 aromatic carbocycles. The van der Waals surface area contributed by atoms with Gasteiger partial charge in [-0.25, -0.2) is 4.98 Å². The molecule has 1 aromatic rings. The number of nitrogens with zero attached hydrogens (tertiary/aromatic N) is 2. The van der Waals surface area contributed by atoms with Crippen LogP contribution in [0.5, 0.6) is 0 Å². The van der Waals surface area contributed by atoms with Crippen molar-refractivity contribution in [3.05, 3.63) is 28.0 Å². The number of pyridine rings is 1. The first-order valence-corrected chi connectivity index (χ1v) is 7.12. The molecule has 1 N–H and O–H groups in total. The fourth-order valence-electron chi connectivity index (χ4n) is 2.55. The Morgan fingerprint density at radius 2 is 2.28 bits per heavy atom. The zero-order valence-corrected chi connectivity index (χ0v) is 12.1. The maximum Gasteiger partial charge on any atom is 0.135 e. The lowest BCUT2D eigenvalue weighted by Gasteiger charge is -2.32. The summed E-state index contributed by atoms with van der Waals surface area (Å²) in [4.78, 5) is 6.53. The van der Waals surface area contributed by atoms with E-state index in [1.54, 1.807) is 6.07 Å². The SMILES string of the molecule is CNCC1CCCN(Cc2ccc(Cl)nc2Cl)C1. The van der Waals surface area contributed by atoms with E-state index in [9.17, 15) is 0 Å². The van der Waals surface area contributed by atoms with Gasteiger partial charge in [-0.05, 0) is 45.0 Å². The summed E-state index contributed by atoms with van der Waals surface area (Å²) in [6.07, 6.45) is 2.56. The molecule has 0 aliphatic carbocycles. The molecule has 100 valence electrons. The van der Waals surface area contributed by atoms with Crippen LogP contribution in [0.15, 0.2) is 12.1 Å². The maximum absolute atomic E-state index is 6.11. The minimum absolute atomic E-state index is 0.454. The van der Waals surface area contributed by atoms with Gasteiger partial charge in [-0.15, -0.1) is 0 Å². The first-order chi connectivity index (χ1) is 8.69. The highest BCUT2D eigenvalue weighted by Crippen LogP contribution is 2.22. The van der Waals surface area contributed by atoms with Gasteiger partial charge in [0.05, 0.1) is 0 Å². The van der Waals surface area contributed by atoms with E-state index in [-0.39, 0.29) is 0 Å². The Hall–Kier alpha value is -0.350. The lowest BCUT2D eigenvalue weighted by molar-refractivity contribution is 0.166. The number of hydrogen-bond donors (Lipinski definition) is 1. The Morgan fingerprint density at radius 1 is 1.44 bits per heavy atom. The van der Waals surface area contributed by atoms with E-state index in [1.807, 2.05) is 13.1 Å². The largest absolute Gasteiger partial charge is 0.319 e. The van der Waals surface area contributed by atoms with E-state index in [1.165, 1.54) is 12.8 Å². The third kappa shape index (κ3) is 3.82. The van der Waals surface area contributed by atoms with Crippen LogP contribution in [0.25, 0.3) is 0 Å². The van der Waals surface area contributed by atoms with Crippen molar-refractivity contribution in [3.8, 4) is 0 Å². The Bertz CT molecular complexity index is 396. The van der Waals surface area contributed by atoms with Crippen LogP contribution in [-0.4, -0.2) is 36.6 Å². The predicted molar refractivity (Wildman–Crippen MR) is 76.2 cm³/mol. The molecule has 0 amide bonds. The van der Waals surface area contributed by atoms with Crippen molar-refractivity contribution in [2.45, 2.75) is 19.4 Å². The molecular weight excluding hydrogens is 269 g/mol. The van der Waals surface area contributed by atoms with Crippen LogP contribution in [-0.2, 0) is 6.54 Å². The molecule has 0 bridgehead atoms. The van der Waals surface area contributed by atoms with Crippen LogP contribution < -0.4 is 5.32 Å². The first kappa shape index (κ1) is 14.1. The van der Waals surface area contributed by atoms with Gasteiger partial charge in [0.2, 0.25) is 0 Å². The third-order valence-electron chi connectivity index (χ3n) is 3.38. The van der Waals surface area contributed by atoms with Crippen LogP contribution >= 0.6 is 23.2 Å². The van der Waals surface area contributed by atoms with Gasteiger partial charge >= 0.3 is 0 Å². The second kappa shape index (κ2) is 6.71. The van der Waals surface area contributed by atoms with Crippen molar-refractivity contribution in [2.75, 3.05) is 26.7 Å². The second-order valence-electron chi connectivity index (χ2n) is 4.88. The topological polar surface area (TPSA) is 28.2 Å². The number of piperidine rings is 1. The predicted octanol–water partition coefficient (Wildman–Crippen LogP) is 2.82. The minimum atomic E-state index is 0.454. The van der Waals surface area contributed by atoms with Gasteiger partial charge in [-0.2, -0.15) is 0 Å². The molecule has 2 rings (SSSR count). The van der Waals surface area contributed by atoms with E-state index >= 15 is 0 Å². The average molecular weight is 288 g/mol. The van der Waals surface area contributed by atoms with Gasteiger partial charge in [-0.3, -0.25) is 4.90 Å². The van der Waals surface area contributed by atoms with Gasteiger partial charge in [0.1, 0.15) is 10.3 Å². The molecule has 1 saturated heterocycles. The van der Waals surface area contributed by atoms with Crippen molar-refractivity contribution in [2.24, 2.45) is 5.92 Å². The highest BCUT2D eigenvalue weighted by atomic mass is 35.5. The molecule has 1 unspecified atom stereocenters. The lowest BCUT2D eigenvalue weighted by Crippen LogP contribution is -2.38. The molecule has 2 heterocycles. The Kier molecular flexibility index (Phi) is 5.25. The van der Waals surface area contributed by atoms with Crippen LogP contribution in [0.2, 0.25) is 10.3 Å². The Morgan fingerprint density at radius 3 is 3.00 bits per heavy atom. The molecule has 18 heavy (non-hydrogen) atoms. The van der Waals surface area contributed by atoms with Crippen LogP contribution in [0.4, 0.5) is 0 Å². The summed E-state index contributed by atoms with van der Waals surface area (Å²) in [5.74, 6) is 0.739. The summed E-state index contributed by atoms with van der Waals surface area (Å²) in [7, 11) is 2.01. The van der Waals surface area contributed by atoms with E-state index < -0.39 is 0 Å². The number of likely N-dealkylation sites (tertiary alicyclic amines) is 1. The van der Waals surface area contributed by atoms with Gasteiger partial charge in [0.15, 0.2) is 0 Å². The third-order valence-corrected chi connectivity index (χ3v) is 3.92. The monoisotopic (exact) mass is 287 g/mol. The van der Waals surface area contributed by atoms with Crippen LogP contribution in [0.1, 0.15) is 18.4 Å². The van der Waals surface area contributed by atoms with Crippen LogP contribution in [0, 0.1) is 5.92 Å². The van der Waals surface area contributed by atoms with Crippen molar-refractivity contribution in [1.29, 1.82) is 0 Å². The van der Waals surface area contributed by atoms with E-state index in [4.69, 9.17) is 23.2 Å². The van der Waals surface area contributed by atoms with Crippen molar-refractivity contribution >= 4 is 23.2 Å². The number of rotatable bonds is 4. The normalized spacial score (nSPS) is 21.2. The molecule has 3 nitrogen and oxygen atoms in total. The fourth-order valence-corrected chi connectivity index (χ4v) is 2.95. The maximum atomic E-state index is 6.11. The molecular formula is C13H19Cl2N3. The molecule has 5 heteroatoms. The molecule has 1 atom stereocenters. The van der Waals surface area contributed by atoms with E-state index in [0.29, 0.717) is 10.3 Å². The van der Waals surface area contributed by atoms with Gasteiger partial charge < -0.3 is 5.32 Å². The number of halogens is 2. The summed E-state index contributed by atoms with van der Waals surface area (Å²) < 4.78 is 0. The fraction of sp³-hybridized carbons (Fsp3) is 0.615. The number of aromatic nitrogens is 1. The smallest absolute Gasteiger partial charge is 0.135 e. The van der Waals surface area contributed by atoms with E-state index in [2.05, 4.69) is 15.2 Å². The van der Waals surface area contributed by atoms with Crippen molar-refractivity contribution in [3.63, 3.8) is 0 Å². The highest BCUT2D eigenvalue weighted by molar-refractivity contribution is 6.32. The zero-order chi connectivity index (χ0) is 13.0. The van der Waals surface area contributed by atoms with Crippen molar-refractivity contribution in [1.82, 2.24) is 15.2 Å². The summed E-state index contributed by atoms with van der Waals surface area (Å²) in [6.45, 7) is 4.21. The van der Waals surface area contributed by atoms with Gasteiger partial charge in [-0.1, -0.05) is 29.3 Å². The van der Waals surface area contributed by atoms with Crippen molar-refractivity contribution < 1.29 is 0 Å². The zero-order valence-electron chi connectivity index (χ0n) is 10.6. The molecule has 1 aliphatic rings. The first-order valence-electron chi connectivity index (χ1n) is 6.37. The molecule has 0 radical (unpaired) electrons. The Labute approximate surface area is 118 Å². The molecule has 1 aliphatic heterocycles.